The highest BCUT2D eigenvalue weighted by atomic mass is 79.9. The molecule has 0 spiro atoms. The predicted octanol–water partition coefficient (Wildman–Crippen LogP) is 5.72. The van der Waals surface area contributed by atoms with Crippen molar-refractivity contribution in [3.05, 3.63) is 46.6 Å². The van der Waals surface area contributed by atoms with Crippen LogP contribution in [0.15, 0.2) is 56.6 Å². The second-order valence-electron chi connectivity index (χ2n) is 7.21. The zero-order valence-corrected chi connectivity index (χ0v) is 19.5. The second kappa shape index (κ2) is 14.0. The Bertz CT molecular complexity index is 767. The largest absolute Gasteiger partial charge is 0.408 e. The molecule has 2 N–H and O–H groups in total. The standard InChI is InChI=1S/C22H30BrF3N4O/c1-4-5-6-7-10-17(3)29-20(31)16(2)14-27-21(28-15-22(24,25)26)30-19-12-9-8-11-18(23)13-19/h8,11-14,17H,2,4-7,9-10,15H2,1,3H3,(H,28,30)(H,29,31)/b27-14-. The van der Waals surface area contributed by atoms with E-state index in [0.29, 0.717) is 12.1 Å². The van der Waals surface area contributed by atoms with Gasteiger partial charge in [-0.25, -0.2) is 9.98 Å². The maximum Gasteiger partial charge on any atom is 0.408 e. The summed E-state index contributed by atoms with van der Waals surface area (Å²) < 4.78 is 38.6. The molecule has 9 heteroatoms. The lowest BCUT2D eigenvalue weighted by atomic mass is 10.1. The number of rotatable bonds is 10. The fraction of sp³-hybridized carbons (Fsp3) is 0.500. The maximum atomic E-state index is 12.6. The number of nitrogens with zero attached hydrogens (tertiary/aromatic N) is 2. The van der Waals surface area contributed by atoms with Crippen LogP contribution in [0, 0.1) is 0 Å². The van der Waals surface area contributed by atoms with E-state index in [9.17, 15) is 18.0 Å². The number of halogens is 4. The van der Waals surface area contributed by atoms with Gasteiger partial charge in [-0.15, -0.1) is 0 Å². The molecule has 0 heterocycles. The van der Waals surface area contributed by atoms with Crippen molar-refractivity contribution in [2.75, 3.05) is 6.54 Å². The van der Waals surface area contributed by atoms with Crippen LogP contribution >= 0.6 is 15.9 Å². The monoisotopic (exact) mass is 502 g/mol. The van der Waals surface area contributed by atoms with Gasteiger partial charge in [-0.3, -0.25) is 4.79 Å². The molecule has 0 aromatic heterocycles. The zero-order valence-electron chi connectivity index (χ0n) is 17.9. The highest BCUT2D eigenvalue weighted by molar-refractivity contribution is 9.11. The molecule has 1 unspecified atom stereocenters. The van der Waals surface area contributed by atoms with Crippen molar-refractivity contribution in [1.29, 1.82) is 0 Å². The average Bonchev–Trinajstić information content (AvgIpc) is 2.90. The quantitative estimate of drug-likeness (QED) is 0.173. The molecule has 1 rings (SSSR count). The Balaban J connectivity index is 2.76. The third-order valence-electron chi connectivity index (χ3n) is 4.21. The summed E-state index contributed by atoms with van der Waals surface area (Å²) in [6.45, 7) is 6.31. The first-order valence-corrected chi connectivity index (χ1v) is 11.1. The van der Waals surface area contributed by atoms with Crippen LogP contribution in [-0.4, -0.2) is 36.8 Å². The number of nitrogens with one attached hydrogen (secondary N) is 2. The fourth-order valence-corrected chi connectivity index (χ4v) is 3.02. The molecule has 0 radical (unpaired) electrons. The molecule has 1 aliphatic carbocycles. The molecule has 1 atom stereocenters. The smallest absolute Gasteiger partial charge is 0.350 e. The van der Waals surface area contributed by atoms with Gasteiger partial charge in [0.2, 0.25) is 5.96 Å². The minimum Gasteiger partial charge on any atom is -0.350 e. The molecule has 0 aromatic rings. The molecule has 0 aliphatic heterocycles. The third-order valence-corrected chi connectivity index (χ3v) is 4.70. The van der Waals surface area contributed by atoms with Gasteiger partial charge in [0.05, 0.1) is 5.57 Å². The van der Waals surface area contributed by atoms with Crippen LogP contribution < -0.4 is 10.6 Å². The average molecular weight is 503 g/mol. The van der Waals surface area contributed by atoms with Gasteiger partial charge < -0.3 is 10.6 Å². The summed E-state index contributed by atoms with van der Waals surface area (Å²) in [5, 5.41) is 5.59. The van der Waals surface area contributed by atoms with Gasteiger partial charge in [0, 0.05) is 22.4 Å². The zero-order chi connectivity index (χ0) is 23.3. The van der Waals surface area contributed by atoms with E-state index in [1.807, 2.05) is 19.1 Å². The minimum absolute atomic E-state index is 0.0304. The number of amides is 1. The van der Waals surface area contributed by atoms with Crippen molar-refractivity contribution in [1.82, 2.24) is 10.6 Å². The van der Waals surface area contributed by atoms with Gasteiger partial charge in [0.1, 0.15) is 6.54 Å². The number of allylic oxidation sites excluding steroid dienone is 5. The number of guanidine groups is 1. The van der Waals surface area contributed by atoms with Gasteiger partial charge in [-0.1, -0.05) is 73.3 Å². The predicted molar refractivity (Wildman–Crippen MR) is 124 cm³/mol. The second-order valence-corrected chi connectivity index (χ2v) is 8.13. The Morgan fingerprint density at radius 2 is 2.10 bits per heavy atom. The van der Waals surface area contributed by atoms with E-state index in [4.69, 9.17) is 0 Å². The van der Waals surface area contributed by atoms with Crippen LogP contribution in [0.4, 0.5) is 13.2 Å². The highest BCUT2D eigenvalue weighted by Crippen LogP contribution is 2.16. The molecule has 172 valence electrons. The molecular formula is C22H30BrF3N4O. The van der Waals surface area contributed by atoms with E-state index in [-0.39, 0.29) is 17.6 Å². The highest BCUT2D eigenvalue weighted by Gasteiger charge is 2.26. The van der Waals surface area contributed by atoms with E-state index in [1.165, 1.54) is 0 Å². The van der Waals surface area contributed by atoms with Crippen molar-refractivity contribution in [3.8, 4) is 0 Å². The molecule has 0 bridgehead atoms. The summed E-state index contributed by atoms with van der Waals surface area (Å²) >= 11 is 3.34. The summed E-state index contributed by atoms with van der Waals surface area (Å²) in [7, 11) is 0. The van der Waals surface area contributed by atoms with Crippen LogP contribution in [0.1, 0.15) is 52.4 Å². The number of carbonyl (C=O) groups excluding carboxylic acids is 1. The maximum absolute atomic E-state index is 12.6. The number of hydrogen-bond donors (Lipinski definition) is 2. The van der Waals surface area contributed by atoms with Crippen molar-refractivity contribution in [2.24, 2.45) is 9.98 Å². The molecule has 0 aromatic carbocycles. The number of aliphatic imine (C=N–C) groups is 2. The Labute approximate surface area is 190 Å². The van der Waals surface area contributed by atoms with Crippen LogP contribution in [0.3, 0.4) is 0 Å². The van der Waals surface area contributed by atoms with Crippen LogP contribution in [0.2, 0.25) is 0 Å². The molecule has 1 amide bonds. The van der Waals surface area contributed by atoms with E-state index in [0.717, 1.165) is 42.8 Å². The first-order chi connectivity index (χ1) is 14.6. The van der Waals surface area contributed by atoms with Crippen LogP contribution in [0.25, 0.3) is 0 Å². The lowest BCUT2D eigenvalue weighted by molar-refractivity contribution is -0.118. The number of carbonyl (C=O) groups is 1. The molecule has 1 aliphatic rings. The van der Waals surface area contributed by atoms with E-state index in [2.05, 4.69) is 50.1 Å². The molecule has 0 fully saturated rings. The summed E-state index contributed by atoms with van der Waals surface area (Å²) in [5.74, 6) is -0.675. The van der Waals surface area contributed by atoms with Crippen molar-refractivity contribution in [3.63, 3.8) is 0 Å². The lowest BCUT2D eigenvalue weighted by Crippen LogP contribution is -2.33. The topological polar surface area (TPSA) is 65.8 Å². The summed E-state index contributed by atoms with van der Waals surface area (Å²) in [4.78, 5) is 19.7. The first-order valence-electron chi connectivity index (χ1n) is 10.3. The lowest BCUT2D eigenvalue weighted by Gasteiger charge is -2.13. The SMILES string of the molecule is C=C(/C=N\C(=NCC(F)(F)F)NC1=CCC=CC(Br)=C1)C(=O)NC(C)CCCCCC. The van der Waals surface area contributed by atoms with Crippen molar-refractivity contribution in [2.45, 2.75) is 64.6 Å². The van der Waals surface area contributed by atoms with Gasteiger partial charge >= 0.3 is 6.18 Å². The molecule has 5 nitrogen and oxygen atoms in total. The molecule has 31 heavy (non-hydrogen) atoms. The van der Waals surface area contributed by atoms with Gasteiger partial charge in [0.25, 0.3) is 5.91 Å². The van der Waals surface area contributed by atoms with Crippen LogP contribution in [-0.2, 0) is 4.79 Å². The van der Waals surface area contributed by atoms with Crippen molar-refractivity contribution >= 4 is 34.0 Å². The Kier molecular flexibility index (Phi) is 12.1. The number of unbranched alkanes of at least 4 members (excludes halogenated alkanes) is 3. The van der Waals surface area contributed by atoms with E-state index >= 15 is 0 Å². The van der Waals surface area contributed by atoms with Gasteiger partial charge in [0.15, 0.2) is 0 Å². The third kappa shape index (κ3) is 13.0. The van der Waals surface area contributed by atoms with E-state index < -0.39 is 18.6 Å². The molecule has 0 saturated carbocycles. The fourth-order valence-electron chi connectivity index (χ4n) is 2.59. The Morgan fingerprint density at radius 1 is 1.35 bits per heavy atom. The van der Waals surface area contributed by atoms with Gasteiger partial charge in [-0.05, 0) is 25.8 Å². The normalized spacial score (nSPS) is 15.9. The minimum atomic E-state index is -4.47. The Morgan fingerprint density at radius 3 is 2.77 bits per heavy atom. The summed E-state index contributed by atoms with van der Waals surface area (Å²) in [6, 6.07) is -0.0304. The Hall–Kier alpha value is -2.16. The van der Waals surface area contributed by atoms with E-state index in [1.54, 1.807) is 12.2 Å². The van der Waals surface area contributed by atoms with Crippen molar-refractivity contribution < 1.29 is 18.0 Å². The molecular weight excluding hydrogens is 473 g/mol. The first kappa shape index (κ1) is 26.9. The summed E-state index contributed by atoms with van der Waals surface area (Å²) in [5.41, 5.74) is 0.570. The van der Waals surface area contributed by atoms with Gasteiger partial charge in [-0.2, -0.15) is 13.2 Å². The number of hydrogen-bond acceptors (Lipinski definition) is 2. The number of alkyl halides is 3. The molecule has 0 saturated heterocycles. The van der Waals surface area contributed by atoms with Crippen LogP contribution in [0.5, 0.6) is 0 Å². The summed E-state index contributed by atoms with van der Waals surface area (Å²) in [6.07, 6.45) is 9.71.